The molecule has 2 unspecified atom stereocenters. The molecule has 3 rings (SSSR count). The van der Waals surface area contributed by atoms with Crippen molar-refractivity contribution in [2.45, 2.75) is 53.2 Å². The fraction of sp³-hybridized carbons (Fsp3) is 0.321. The number of fused-ring (bicyclic) bond motifs is 1. The summed E-state index contributed by atoms with van der Waals surface area (Å²) < 4.78 is 16.6. The van der Waals surface area contributed by atoms with E-state index >= 15 is 0 Å². The molecular weight excluding hydrogens is 432 g/mol. The SMILES string of the molecule is C=C(C)C(=O)OC1Cc2cc(-c3ccc(OC(=O)C(C)(C)C)cc3)ccc2C1OC(=O)C(=C)C. The molecule has 178 valence electrons. The number of benzene rings is 2. The zero-order chi connectivity index (χ0) is 25.2. The van der Waals surface area contributed by atoms with Gasteiger partial charge in [-0.15, -0.1) is 0 Å². The lowest BCUT2D eigenvalue weighted by atomic mass is 9.97. The Labute approximate surface area is 200 Å². The maximum Gasteiger partial charge on any atom is 0.333 e. The number of carbonyl (C=O) groups is 3. The minimum Gasteiger partial charge on any atom is -0.454 e. The van der Waals surface area contributed by atoms with Gasteiger partial charge in [0.15, 0.2) is 6.10 Å². The first kappa shape index (κ1) is 25.0. The van der Waals surface area contributed by atoms with Crippen molar-refractivity contribution in [2.24, 2.45) is 5.41 Å². The topological polar surface area (TPSA) is 78.9 Å². The summed E-state index contributed by atoms with van der Waals surface area (Å²) >= 11 is 0. The third-order valence-electron chi connectivity index (χ3n) is 5.41. The van der Waals surface area contributed by atoms with E-state index in [1.165, 1.54) is 0 Å². The van der Waals surface area contributed by atoms with Crippen molar-refractivity contribution in [3.05, 3.63) is 77.9 Å². The molecule has 0 N–H and O–H groups in total. The van der Waals surface area contributed by atoms with E-state index in [-0.39, 0.29) is 17.1 Å². The first-order chi connectivity index (χ1) is 15.9. The summed E-state index contributed by atoms with van der Waals surface area (Å²) in [5.41, 5.74) is 3.51. The van der Waals surface area contributed by atoms with Gasteiger partial charge in [-0.2, -0.15) is 0 Å². The maximum absolute atomic E-state index is 12.2. The van der Waals surface area contributed by atoms with Crippen LogP contribution in [0.4, 0.5) is 0 Å². The lowest BCUT2D eigenvalue weighted by Gasteiger charge is -2.21. The molecule has 0 bridgehead atoms. The Morgan fingerprint density at radius 1 is 0.853 bits per heavy atom. The number of esters is 3. The molecule has 0 saturated carbocycles. The first-order valence-corrected chi connectivity index (χ1v) is 11.1. The van der Waals surface area contributed by atoms with Crippen molar-refractivity contribution in [3.8, 4) is 16.9 Å². The maximum atomic E-state index is 12.2. The van der Waals surface area contributed by atoms with Crippen LogP contribution >= 0.6 is 0 Å². The molecular formula is C28H30O6. The summed E-state index contributed by atoms with van der Waals surface area (Å²) in [7, 11) is 0. The Hall–Kier alpha value is -3.67. The average molecular weight is 463 g/mol. The fourth-order valence-corrected chi connectivity index (χ4v) is 3.44. The van der Waals surface area contributed by atoms with Gasteiger partial charge >= 0.3 is 17.9 Å². The van der Waals surface area contributed by atoms with Crippen LogP contribution in [0.15, 0.2) is 66.8 Å². The van der Waals surface area contributed by atoms with Crippen molar-refractivity contribution < 1.29 is 28.6 Å². The predicted octanol–water partition coefficient (Wildman–Crippen LogP) is 5.51. The van der Waals surface area contributed by atoms with Crippen LogP contribution in [0.2, 0.25) is 0 Å². The van der Waals surface area contributed by atoms with Gasteiger partial charge in [0.1, 0.15) is 11.9 Å². The minimum atomic E-state index is -0.726. The van der Waals surface area contributed by atoms with Gasteiger partial charge in [0, 0.05) is 17.6 Å². The van der Waals surface area contributed by atoms with E-state index < -0.39 is 29.6 Å². The standard InChI is InChI=1S/C28H30O6/c1-16(2)25(29)33-23-15-20-14-19(10-13-22(20)24(23)34-26(30)17(3)4)18-8-11-21(12-9-18)32-27(31)28(5,6)7/h8-14,23-24H,1,3,15H2,2,4-7H3. The first-order valence-electron chi connectivity index (χ1n) is 11.1. The highest BCUT2D eigenvalue weighted by Crippen LogP contribution is 2.39. The number of hydrogen-bond donors (Lipinski definition) is 0. The van der Waals surface area contributed by atoms with Crippen LogP contribution in [0.5, 0.6) is 5.75 Å². The van der Waals surface area contributed by atoms with E-state index in [9.17, 15) is 14.4 Å². The Morgan fingerprint density at radius 2 is 1.41 bits per heavy atom. The molecule has 0 spiro atoms. The Morgan fingerprint density at radius 3 is 1.97 bits per heavy atom. The number of hydrogen-bond acceptors (Lipinski definition) is 6. The van der Waals surface area contributed by atoms with Crippen molar-refractivity contribution in [3.63, 3.8) is 0 Å². The molecule has 0 aromatic heterocycles. The summed E-state index contributed by atoms with van der Waals surface area (Å²) in [6.45, 7) is 15.8. The van der Waals surface area contributed by atoms with Crippen molar-refractivity contribution in [2.75, 3.05) is 0 Å². The van der Waals surface area contributed by atoms with Gasteiger partial charge in [-0.25, -0.2) is 9.59 Å². The van der Waals surface area contributed by atoms with Crippen LogP contribution in [-0.2, 0) is 30.3 Å². The van der Waals surface area contributed by atoms with Crippen LogP contribution in [-0.4, -0.2) is 24.0 Å². The summed E-state index contributed by atoms with van der Waals surface area (Å²) in [5.74, 6) is -0.902. The Bertz CT molecular complexity index is 1150. The van der Waals surface area contributed by atoms with Crippen LogP contribution < -0.4 is 4.74 Å². The van der Waals surface area contributed by atoms with Gasteiger partial charge in [0.2, 0.25) is 0 Å². The zero-order valence-electron chi connectivity index (χ0n) is 20.3. The van der Waals surface area contributed by atoms with Gasteiger partial charge in [-0.1, -0.05) is 43.5 Å². The molecule has 34 heavy (non-hydrogen) atoms. The van der Waals surface area contributed by atoms with Crippen molar-refractivity contribution in [1.82, 2.24) is 0 Å². The molecule has 0 fully saturated rings. The number of carbonyl (C=O) groups excluding carboxylic acids is 3. The predicted molar refractivity (Wildman–Crippen MR) is 129 cm³/mol. The van der Waals surface area contributed by atoms with Crippen molar-refractivity contribution >= 4 is 17.9 Å². The van der Waals surface area contributed by atoms with Crippen LogP contribution in [0.1, 0.15) is 51.8 Å². The molecule has 2 atom stereocenters. The van der Waals surface area contributed by atoms with Gasteiger partial charge in [0.25, 0.3) is 0 Å². The Balaban J connectivity index is 1.85. The third kappa shape index (κ3) is 5.63. The summed E-state index contributed by atoms with van der Waals surface area (Å²) in [6.07, 6.45) is -0.981. The van der Waals surface area contributed by atoms with Gasteiger partial charge in [0.05, 0.1) is 5.41 Å². The quantitative estimate of drug-likeness (QED) is 0.320. The average Bonchev–Trinajstić information content (AvgIpc) is 3.09. The molecule has 1 aliphatic rings. The van der Waals surface area contributed by atoms with E-state index in [4.69, 9.17) is 14.2 Å². The van der Waals surface area contributed by atoms with E-state index in [0.717, 1.165) is 22.3 Å². The second-order valence-corrected chi connectivity index (χ2v) is 9.61. The minimum absolute atomic E-state index is 0.266. The molecule has 2 aromatic carbocycles. The summed E-state index contributed by atoms with van der Waals surface area (Å²) in [4.78, 5) is 36.5. The molecule has 0 heterocycles. The molecule has 6 nitrogen and oxygen atoms in total. The van der Waals surface area contributed by atoms with Gasteiger partial charge in [-0.05, 0) is 69.0 Å². The van der Waals surface area contributed by atoms with Crippen molar-refractivity contribution in [1.29, 1.82) is 0 Å². The molecule has 2 aromatic rings. The van der Waals surface area contributed by atoms with E-state index in [1.807, 2.05) is 30.3 Å². The smallest absolute Gasteiger partial charge is 0.333 e. The van der Waals surface area contributed by atoms with E-state index in [2.05, 4.69) is 13.2 Å². The highest BCUT2D eigenvalue weighted by molar-refractivity contribution is 5.88. The van der Waals surface area contributed by atoms with Gasteiger partial charge < -0.3 is 14.2 Å². The fourth-order valence-electron chi connectivity index (χ4n) is 3.44. The second kappa shape index (κ2) is 9.67. The number of rotatable bonds is 6. The van der Waals surface area contributed by atoms with E-state index in [1.54, 1.807) is 46.8 Å². The molecule has 6 heteroatoms. The lowest BCUT2D eigenvalue weighted by Crippen LogP contribution is -2.26. The summed E-state index contributed by atoms with van der Waals surface area (Å²) in [6, 6.07) is 13.0. The zero-order valence-corrected chi connectivity index (χ0v) is 20.3. The van der Waals surface area contributed by atoms with Crippen LogP contribution in [0, 0.1) is 5.41 Å². The molecule has 0 amide bonds. The largest absolute Gasteiger partial charge is 0.454 e. The number of ether oxygens (including phenoxy) is 3. The Kier molecular flexibility index (Phi) is 7.10. The highest BCUT2D eigenvalue weighted by Gasteiger charge is 2.38. The monoisotopic (exact) mass is 462 g/mol. The summed E-state index contributed by atoms with van der Waals surface area (Å²) in [5, 5.41) is 0. The molecule has 0 aliphatic heterocycles. The van der Waals surface area contributed by atoms with E-state index in [0.29, 0.717) is 12.2 Å². The molecule has 0 radical (unpaired) electrons. The normalized spacial score (nSPS) is 16.9. The molecule has 1 aliphatic carbocycles. The second-order valence-electron chi connectivity index (χ2n) is 9.61. The van der Waals surface area contributed by atoms with Crippen LogP contribution in [0.3, 0.4) is 0 Å². The molecule has 0 saturated heterocycles. The third-order valence-corrected chi connectivity index (χ3v) is 5.41. The highest BCUT2D eigenvalue weighted by atomic mass is 16.6. The lowest BCUT2D eigenvalue weighted by molar-refractivity contribution is -0.161. The van der Waals surface area contributed by atoms with Crippen LogP contribution in [0.25, 0.3) is 11.1 Å². The van der Waals surface area contributed by atoms with Gasteiger partial charge in [-0.3, -0.25) is 4.79 Å².